The van der Waals surface area contributed by atoms with E-state index in [4.69, 9.17) is 15.9 Å². The molecule has 18 heavy (non-hydrogen) atoms. The van der Waals surface area contributed by atoms with Crippen molar-refractivity contribution in [2.24, 2.45) is 11.7 Å². The topological polar surface area (TPSA) is 59.1 Å². The van der Waals surface area contributed by atoms with Crippen LogP contribution in [0.25, 0.3) is 0 Å². The quantitative estimate of drug-likeness (QED) is 0.494. The first-order chi connectivity index (χ1) is 8.36. The standard InChI is InChI=1S/C11H13F3N2OS/c1-18-9-5-3-2-4-8(9)17-6-7(10(15)16)11(12,13)14/h2-5,7H,6H2,1H3,(H3,15,16). The maximum Gasteiger partial charge on any atom is 0.401 e. The number of alkyl halides is 3. The highest BCUT2D eigenvalue weighted by Gasteiger charge is 2.42. The van der Waals surface area contributed by atoms with Gasteiger partial charge in [-0.2, -0.15) is 13.2 Å². The van der Waals surface area contributed by atoms with Crippen LogP contribution >= 0.6 is 11.8 Å². The van der Waals surface area contributed by atoms with Crippen LogP contribution in [-0.4, -0.2) is 24.9 Å². The van der Waals surface area contributed by atoms with Crippen molar-refractivity contribution in [1.82, 2.24) is 0 Å². The highest BCUT2D eigenvalue weighted by Crippen LogP contribution is 2.30. The lowest BCUT2D eigenvalue weighted by atomic mass is 10.1. The molecule has 0 fully saturated rings. The zero-order chi connectivity index (χ0) is 13.8. The van der Waals surface area contributed by atoms with Gasteiger partial charge in [-0.25, -0.2) is 0 Å². The number of amidine groups is 1. The molecule has 0 aliphatic carbocycles. The lowest BCUT2D eigenvalue weighted by Crippen LogP contribution is -2.39. The molecule has 0 aliphatic heterocycles. The molecule has 0 saturated heterocycles. The maximum absolute atomic E-state index is 12.5. The summed E-state index contributed by atoms with van der Waals surface area (Å²) in [5, 5.41) is 6.94. The van der Waals surface area contributed by atoms with Crippen molar-refractivity contribution in [2.75, 3.05) is 12.9 Å². The largest absolute Gasteiger partial charge is 0.491 e. The molecule has 3 nitrogen and oxygen atoms in total. The Morgan fingerprint density at radius 1 is 1.44 bits per heavy atom. The van der Waals surface area contributed by atoms with E-state index in [1.165, 1.54) is 11.8 Å². The molecule has 1 atom stereocenters. The number of hydrogen-bond acceptors (Lipinski definition) is 3. The molecule has 1 rings (SSSR count). The first-order valence-corrected chi connectivity index (χ1v) is 6.25. The van der Waals surface area contributed by atoms with Crippen molar-refractivity contribution in [2.45, 2.75) is 11.1 Å². The van der Waals surface area contributed by atoms with Gasteiger partial charge in [0.15, 0.2) is 0 Å². The summed E-state index contributed by atoms with van der Waals surface area (Å²) in [5.41, 5.74) is 4.94. The van der Waals surface area contributed by atoms with Crippen LogP contribution in [0.2, 0.25) is 0 Å². The van der Waals surface area contributed by atoms with Crippen molar-refractivity contribution in [1.29, 1.82) is 5.41 Å². The van der Waals surface area contributed by atoms with E-state index in [0.29, 0.717) is 5.75 Å². The fourth-order valence-corrected chi connectivity index (χ4v) is 1.81. The van der Waals surface area contributed by atoms with E-state index in [-0.39, 0.29) is 0 Å². The Hall–Kier alpha value is -1.37. The van der Waals surface area contributed by atoms with Gasteiger partial charge in [-0.3, -0.25) is 5.41 Å². The maximum atomic E-state index is 12.5. The van der Waals surface area contributed by atoms with Crippen molar-refractivity contribution in [3.05, 3.63) is 24.3 Å². The van der Waals surface area contributed by atoms with Crippen LogP contribution in [-0.2, 0) is 0 Å². The van der Waals surface area contributed by atoms with Gasteiger partial charge in [0.2, 0.25) is 0 Å². The number of nitrogens with two attached hydrogens (primary N) is 1. The Morgan fingerprint density at radius 3 is 2.56 bits per heavy atom. The predicted molar refractivity (Wildman–Crippen MR) is 65.2 cm³/mol. The van der Waals surface area contributed by atoms with Crippen LogP contribution in [0, 0.1) is 11.3 Å². The van der Waals surface area contributed by atoms with Crippen LogP contribution in [0.1, 0.15) is 0 Å². The third-order valence-electron chi connectivity index (χ3n) is 2.25. The van der Waals surface area contributed by atoms with Gasteiger partial charge in [0.25, 0.3) is 0 Å². The molecule has 3 N–H and O–H groups in total. The van der Waals surface area contributed by atoms with Gasteiger partial charge >= 0.3 is 6.18 Å². The fraction of sp³-hybridized carbons (Fsp3) is 0.364. The van der Waals surface area contributed by atoms with Gasteiger partial charge in [0, 0.05) is 4.90 Å². The molecule has 0 aromatic heterocycles. The van der Waals surface area contributed by atoms with E-state index in [9.17, 15) is 13.2 Å². The lowest BCUT2D eigenvalue weighted by molar-refractivity contribution is -0.162. The number of ether oxygens (including phenoxy) is 1. The number of halogens is 3. The highest BCUT2D eigenvalue weighted by atomic mass is 32.2. The molecule has 1 aromatic rings. The number of nitrogens with one attached hydrogen (secondary N) is 1. The molecule has 100 valence electrons. The van der Waals surface area contributed by atoms with E-state index < -0.39 is 24.5 Å². The average Bonchev–Trinajstić information content (AvgIpc) is 2.27. The van der Waals surface area contributed by atoms with Crippen LogP contribution < -0.4 is 10.5 Å². The fourth-order valence-electron chi connectivity index (χ4n) is 1.27. The number of thioether (sulfide) groups is 1. The van der Waals surface area contributed by atoms with E-state index >= 15 is 0 Å². The second-order valence-electron chi connectivity index (χ2n) is 3.51. The average molecular weight is 278 g/mol. The smallest absolute Gasteiger partial charge is 0.401 e. The summed E-state index contributed by atoms with van der Waals surface area (Å²) in [6, 6.07) is 6.77. The van der Waals surface area contributed by atoms with E-state index in [0.717, 1.165) is 4.90 Å². The van der Waals surface area contributed by atoms with Crippen LogP contribution in [0.5, 0.6) is 5.75 Å². The summed E-state index contributed by atoms with van der Waals surface area (Å²) in [6.07, 6.45) is -2.77. The van der Waals surface area contributed by atoms with Gasteiger partial charge in [-0.15, -0.1) is 11.8 Å². The Balaban J connectivity index is 2.77. The van der Waals surface area contributed by atoms with Crippen molar-refractivity contribution in [3.63, 3.8) is 0 Å². The molecule has 1 aromatic carbocycles. The lowest BCUT2D eigenvalue weighted by Gasteiger charge is -2.20. The van der Waals surface area contributed by atoms with Crippen LogP contribution in [0.4, 0.5) is 13.2 Å². The van der Waals surface area contributed by atoms with Gasteiger partial charge in [-0.05, 0) is 18.4 Å². The van der Waals surface area contributed by atoms with Crippen molar-refractivity contribution in [3.8, 4) is 5.75 Å². The zero-order valence-corrected chi connectivity index (χ0v) is 10.4. The molecule has 0 amide bonds. The van der Waals surface area contributed by atoms with Crippen LogP contribution in [0.15, 0.2) is 29.2 Å². The minimum Gasteiger partial charge on any atom is -0.491 e. The Morgan fingerprint density at radius 2 is 2.06 bits per heavy atom. The molecule has 0 radical (unpaired) electrons. The second kappa shape index (κ2) is 5.99. The molecular formula is C11H13F3N2OS. The molecular weight excluding hydrogens is 265 g/mol. The van der Waals surface area contributed by atoms with Crippen molar-refractivity contribution >= 4 is 17.6 Å². The third-order valence-corrected chi connectivity index (χ3v) is 3.02. The molecule has 0 spiro atoms. The number of benzene rings is 1. The summed E-state index contributed by atoms with van der Waals surface area (Å²) in [5.74, 6) is -2.66. The monoisotopic (exact) mass is 278 g/mol. The number of hydrogen-bond donors (Lipinski definition) is 2. The number of para-hydroxylation sites is 1. The normalized spacial score (nSPS) is 13.1. The third kappa shape index (κ3) is 3.83. The summed E-state index contributed by atoms with van der Waals surface area (Å²) in [6.45, 7) is -0.684. The SMILES string of the molecule is CSc1ccccc1OCC(C(=N)N)C(F)(F)F. The molecule has 0 heterocycles. The molecule has 7 heteroatoms. The Kier molecular flexibility index (Phi) is 4.89. The van der Waals surface area contributed by atoms with Crippen molar-refractivity contribution < 1.29 is 17.9 Å². The van der Waals surface area contributed by atoms with Gasteiger partial charge in [0.05, 0.1) is 0 Å². The molecule has 0 saturated carbocycles. The van der Waals surface area contributed by atoms with Gasteiger partial charge in [0.1, 0.15) is 24.1 Å². The Labute approximate surface area is 107 Å². The molecule has 0 aliphatic rings. The minimum absolute atomic E-state index is 0.362. The molecule has 1 unspecified atom stereocenters. The summed E-state index contributed by atoms with van der Waals surface area (Å²) >= 11 is 1.37. The van der Waals surface area contributed by atoms with E-state index in [1.54, 1.807) is 30.5 Å². The first-order valence-electron chi connectivity index (χ1n) is 5.02. The number of rotatable bonds is 5. The van der Waals surface area contributed by atoms with Gasteiger partial charge in [-0.1, -0.05) is 12.1 Å². The summed E-state index contributed by atoms with van der Waals surface area (Å²) in [7, 11) is 0. The highest BCUT2D eigenvalue weighted by molar-refractivity contribution is 7.98. The summed E-state index contributed by atoms with van der Waals surface area (Å²) < 4.78 is 42.8. The zero-order valence-electron chi connectivity index (χ0n) is 9.62. The van der Waals surface area contributed by atoms with E-state index in [1.807, 2.05) is 0 Å². The predicted octanol–water partition coefficient (Wildman–Crippen LogP) is 2.90. The van der Waals surface area contributed by atoms with E-state index in [2.05, 4.69) is 0 Å². The molecule has 0 bridgehead atoms. The van der Waals surface area contributed by atoms with Gasteiger partial charge < -0.3 is 10.5 Å². The Bertz CT molecular complexity index is 423. The van der Waals surface area contributed by atoms with Crippen LogP contribution in [0.3, 0.4) is 0 Å². The minimum atomic E-state index is -4.57. The first kappa shape index (κ1) is 14.7. The second-order valence-corrected chi connectivity index (χ2v) is 4.36. The summed E-state index contributed by atoms with van der Waals surface area (Å²) in [4.78, 5) is 0.738.